The third-order valence-corrected chi connectivity index (χ3v) is 6.77. The summed E-state index contributed by atoms with van der Waals surface area (Å²) in [6.07, 6.45) is 1.99. The minimum Gasteiger partial charge on any atom is -0.463 e. The molecule has 4 rings (SSSR count). The molecule has 2 atom stereocenters. The second kappa shape index (κ2) is 7.69. The molecule has 1 N–H and O–H groups in total. The van der Waals surface area contributed by atoms with E-state index in [0.29, 0.717) is 24.2 Å². The third-order valence-electron chi connectivity index (χ3n) is 5.34. The zero-order valence-corrected chi connectivity index (χ0v) is 17.2. The molecule has 0 bridgehead atoms. The fraction of sp³-hybridized carbons (Fsp3) is 0.304. The van der Waals surface area contributed by atoms with E-state index >= 15 is 0 Å². The SMILES string of the molecule is CCOC(=O)/C=C1\[C@H]2Sc3ccc(C)cc3[C@@]2(O)C(=O)N1CCc1ccccc1. The van der Waals surface area contributed by atoms with Gasteiger partial charge in [0.05, 0.1) is 11.9 Å². The number of rotatable bonds is 5. The van der Waals surface area contributed by atoms with Crippen LogP contribution in [0.5, 0.6) is 0 Å². The monoisotopic (exact) mass is 409 g/mol. The van der Waals surface area contributed by atoms with Crippen LogP contribution >= 0.6 is 11.8 Å². The van der Waals surface area contributed by atoms with E-state index < -0.39 is 16.8 Å². The average Bonchev–Trinajstić information content (AvgIpc) is 3.10. The van der Waals surface area contributed by atoms with Crippen LogP contribution in [0.2, 0.25) is 0 Å². The normalized spacial score (nSPS) is 24.0. The topological polar surface area (TPSA) is 66.8 Å². The number of thioether (sulfide) groups is 1. The number of hydrogen-bond donors (Lipinski definition) is 1. The van der Waals surface area contributed by atoms with Crippen molar-refractivity contribution in [2.75, 3.05) is 13.2 Å². The number of benzene rings is 2. The maximum Gasteiger partial charge on any atom is 0.332 e. The molecule has 1 saturated heterocycles. The molecule has 6 heteroatoms. The zero-order valence-electron chi connectivity index (χ0n) is 16.4. The van der Waals surface area contributed by atoms with Gasteiger partial charge in [-0.3, -0.25) is 4.79 Å². The fourth-order valence-electron chi connectivity index (χ4n) is 3.94. The van der Waals surface area contributed by atoms with Gasteiger partial charge in [0.2, 0.25) is 0 Å². The van der Waals surface area contributed by atoms with Crippen LogP contribution in [0.4, 0.5) is 0 Å². The highest BCUT2D eigenvalue weighted by Gasteiger charge is 2.61. The first kappa shape index (κ1) is 19.7. The minimum absolute atomic E-state index is 0.252. The van der Waals surface area contributed by atoms with Crippen LogP contribution < -0.4 is 0 Å². The van der Waals surface area contributed by atoms with Crippen molar-refractivity contribution in [1.82, 2.24) is 4.90 Å². The van der Waals surface area contributed by atoms with E-state index in [1.165, 1.54) is 17.8 Å². The van der Waals surface area contributed by atoms with Gasteiger partial charge in [0, 0.05) is 28.8 Å². The molecule has 0 aromatic heterocycles. The number of carbonyl (C=O) groups excluding carboxylic acids is 2. The van der Waals surface area contributed by atoms with E-state index in [1.54, 1.807) is 11.8 Å². The number of fused-ring (bicyclic) bond motifs is 3. The van der Waals surface area contributed by atoms with Gasteiger partial charge in [0.25, 0.3) is 5.91 Å². The quantitative estimate of drug-likeness (QED) is 0.607. The highest BCUT2D eigenvalue weighted by Crippen LogP contribution is 2.56. The van der Waals surface area contributed by atoms with E-state index in [-0.39, 0.29) is 12.5 Å². The van der Waals surface area contributed by atoms with Gasteiger partial charge in [-0.2, -0.15) is 0 Å². The van der Waals surface area contributed by atoms with Crippen molar-refractivity contribution < 1.29 is 19.4 Å². The van der Waals surface area contributed by atoms with E-state index in [0.717, 1.165) is 16.0 Å². The van der Waals surface area contributed by atoms with Crippen LogP contribution in [-0.4, -0.2) is 40.3 Å². The standard InChI is InChI=1S/C23H23NO4S/c1-3-28-20(25)14-18-21-23(27,17-13-15(2)9-10-19(17)29-21)22(26)24(18)12-11-16-7-5-4-6-8-16/h4-10,13-14,21,27H,3,11-12H2,1-2H3/b18-14+/t21-,23+/m1/s1. The second-order valence-electron chi connectivity index (χ2n) is 7.28. The van der Waals surface area contributed by atoms with E-state index in [2.05, 4.69) is 0 Å². The van der Waals surface area contributed by atoms with Gasteiger partial charge in [0.15, 0.2) is 5.60 Å². The molecule has 2 heterocycles. The number of ether oxygens (including phenoxy) is 1. The molecule has 0 spiro atoms. The molecule has 0 unspecified atom stereocenters. The van der Waals surface area contributed by atoms with Gasteiger partial charge in [-0.15, -0.1) is 11.8 Å². The molecule has 2 aromatic rings. The lowest BCUT2D eigenvalue weighted by Gasteiger charge is -2.22. The number of aliphatic hydroxyl groups is 1. The van der Waals surface area contributed by atoms with E-state index in [9.17, 15) is 14.7 Å². The summed E-state index contributed by atoms with van der Waals surface area (Å²) in [6.45, 7) is 4.31. The van der Waals surface area contributed by atoms with Crippen molar-refractivity contribution in [2.24, 2.45) is 0 Å². The van der Waals surface area contributed by atoms with Crippen LogP contribution in [0.25, 0.3) is 0 Å². The number of carbonyl (C=O) groups is 2. The van der Waals surface area contributed by atoms with Crippen LogP contribution in [0.3, 0.4) is 0 Å². The molecule has 29 heavy (non-hydrogen) atoms. The molecule has 2 aromatic carbocycles. The molecular formula is C23H23NO4S. The highest BCUT2D eigenvalue weighted by molar-refractivity contribution is 8.00. The number of aryl methyl sites for hydroxylation is 1. The lowest BCUT2D eigenvalue weighted by Crippen LogP contribution is -2.40. The van der Waals surface area contributed by atoms with Crippen LogP contribution in [-0.2, 0) is 26.3 Å². The van der Waals surface area contributed by atoms with Gasteiger partial charge < -0.3 is 14.7 Å². The van der Waals surface area contributed by atoms with Gasteiger partial charge in [-0.25, -0.2) is 4.79 Å². The first-order valence-electron chi connectivity index (χ1n) is 9.69. The first-order valence-corrected chi connectivity index (χ1v) is 10.6. The Morgan fingerprint density at radius 2 is 2.03 bits per heavy atom. The van der Waals surface area contributed by atoms with E-state index in [4.69, 9.17) is 4.74 Å². The van der Waals surface area contributed by atoms with Gasteiger partial charge >= 0.3 is 5.97 Å². The predicted octanol–water partition coefficient (Wildman–Crippen LogP) is 3.19. The van der Waals surface area contributed by atoms with E-state index in [1.807, 2.05) is 55.5 Å². The van der Waals surface area contributed by atoms with Gasteiger partial charge in [-0.1, -0.05) is 48.0 Å². The molecule has 150 valence electrons. The van der Waals surface area contributed by atoms with Crippen molar-refractivity contribution >= 4 is 23.6 Å². The van der Waals surface area contributed by atoms with Crippen molar-refractivity contribution in [3.05, 3.63) is 77.0 Å². The Morgan fingerprint density at radius 1 is 1.28 bits per heavy atom. The van der Waals surface area contributed by atoms with Crippen molar-refractivity contribution in [1.29, 1.82) is 0 Å². The Hall–Kier alpha value is -2.57. The summed E-state index contributed by atoms with van der Waals surface area (Å²) >= 11 is 1.42. The summed E-state index contributed by atoms with van der Waals surface area (Å²) in [5.74, 6) is -0.886. The maximum atomic E-state index is 13.4. The Bertz CT molecular complexity index is 988. The molecule has 0 aliphatic carbocycles. The summed E-state index contributed by atoms with van der Waals surface area (Å²) in [5.41, 5.74) is 1.52. The van der Waals surface area contributed by atoms with Crippen LogP contribution in [0, 0.1) is 6.92 Å². The van der Waals surface area contributed by atoms with Gasteiger partial charge in [0.1, 0.15) is 0 Å². The summed E-state index contributed by atoms with van der Waals surface area (Å²) in [5, 5.41) is 11.0. The number of hydrogen-bond acceptors (Lipinski definition) is 5. The number of esters is 1. The molecular weight excluding hydrogens is 386 g/mol. The van der Waals surface area contributed by atoms with Crippen LogP contribution in [0.15, 0.2) is 65.2 Å². The summed E-state index contributed by atoms with van der Waals surface area (Å²) < 4.78 is 5.08. The van der Waals surface area contributed by atoms with Gasteiger partial charge in [-0.05, 0) is 31.9 Å². The Labute approximate surface area is 174 Å². The molecule has 2 aliphatic rings. The number of nitrogens with zero attached hydrogens (tertiary/aromatic N) is 1. The molecule has 0 radical (unpaired) electrons. The van der Waals surface area contributed by atoms with Crippen molar-refractivity contribution in [2.45, 2.75) is 36.0 Å². The lowest BCUT2D eigenvalue weighted by atomic mass is 9.90. The zero-order chi connectivity index (χ0) is 20.6. The van der Waals surface area contributed by atoms with Crippen molar-refractivity contribution in [3.8, 4) is 0 Å². The maximum absolute atomic E-state index is 13.4. The smallest absolute Gasteiger partial charge is 0.332 e. The molecule has 1 amide bonds. The summed E-state index contributed by atoms with van der Waals surface area (Å²) in [4.78, 5) is 28.1. The molecule has 5 nitrogen and oxygen atoms in total. The van der Waals surface area contributed by atoms with Crippen LogP contribution in [0.1, 0.15) is 23.6 Å². The summed E-state index contributed by atoms with van der Waals surface area (Å²) in [7, 11) is 0. The predicted molar refractivity (Wildman–Crippen MR) is 111 cm³/mol. The van der Waals surface area contributed by atoms with Crippen molar-refractivity contribution in [3.63, 3.8) is 0 Å². The Balaban J connectivity index is 1.72. The first-order chi connectivity index (χ1) is 13.9. The lowest BCUT2D eigenvalue weighted by molar-refractivity contribution is -0.143. The molecule has 0 saturated carbocycles. The average molecular weight is 410 g/mol. The number of amides is 1. The largest absolute Gasteiger partial charge is 0.463 e. The summed E-state index contributed by atoms with van der Waals surface area (Å²) in [6, 6.07) is 15.6. The molecule has 2 aliphatic heterocycles. The second-order valence-corrected chi connectivity index (χ2v) is 8.42. The third kappa shape index (κ3) is 3.36. The Kier molecular flexibility index (Phi) is 5.23. The minimum atomic E-state index is -1.67. The Morgan fingerprint density at radius 3 is 2.76 bits per heavy atom. The fourth-order valence-corrected chi connectivity index (χ4v) is 5.40. The molecule has 1 fully saturated rings. The number of likely N-dealkylation sites (tertiary alicyclic amines) is 1. The highest BCUT2D eigenvalue weighted by atomic mass is 32.2.